The minimum Gasteiger partial charge on any atom is -0.496 e. The molecule has 0 aliphatic rings. The number of para-hydroxylation sites is 1. The fraction of sp³-hybridized carbons (Fsp3) is 0.286. The number of H-pyrrole nitrogens is 1. The fourth-order valence-corrected chi connectivity index (χ4v) is 2.00. The van der Waals surface area contributed by atoms with Crippen LogP contribution in [0.3, 0.4) is 0 Å². The molecule has 6 heteroatoms. The number of carbonyl (C=O) groups is 1. The largest absolute Gasteiger partial charge is 0.496 e. The lowest BCUT2D eigenvalue weighted by molar-refractivity contribution is -0.115. The smallest absolute Gasteiger partial charge is 0.238 e. The molecule has 2 N–H and O–H groups in total. The van der Waals surface area contributed by atoms with Gasteiger partial charge in [0.1, 0.15) is 5.75 Å². The molecule has 1 heterocycles. The van der Waals surface area contributed by atoms with E-state index in [9.17, 15) is 4.79 Å². The van der Waals surface area contributed by atoms with Gasteiger partial charge in [-0.25, -0.2) is 0 Å². The first kappa shape index (κ1) is 14.5. The summed E-state index contributed by atoms with van der Waals surface area (Å²) in [6.07, 6.45) is 1.90. The third-order valence-electron chi connectivity index (χ3n) is 2.95. The second-order valence-corrected chi connectivity index (χ2v) is 5.41. The van der Waals surface area contributed by atoms with Crippen molar-refractivity contribution >= 4 is 23.5 Å². The van der Waals surface area contributed by atoms with E-state index in [0.29, 0.717) is 5.82 Å². The van der Waals surface area contributed by atoms with Crippen molar-refractivity contribution in [3.63, 3.8) is 0 Å². The Morgan fingerprint density at radius 1 is 1.45 bits per heavy atom. The minimum atomic E-state index is -0.110. The lowest BCUT2D eigenvalue weighted by Crippen LogP contribution is -2.22. The first-order valence-corrected chi connectivity index (χ1v) is 7.47. The number of thioether (sulfide) groups is 1. The Bertz CT molecular complexity index is 598. The van der Waals surface area contributed by atoms with E-state index in [1.54, 1.807) is 13.2 Å². The summed E-state index contributed by atoms with van der Waals surface area (Å²) in [4.78, 5) is 11.8. The first-order valence-electron chi connectivity index (χ1n) is 6.18. The normalized spacial score (nSPS) is 11.9. The zero-order valence-corrected chi connectivity index (χ0v) is 12.5. The summed E-state index contributed by atoms with van der Waals surface area (Å²) in [5.74, 6) is 1.21. The Hall–Kier alpha value is -1.95. The average Bonchev–Trinajstić information content (AvgIpc) is 2.94. The number of rotatable bonds is 5. The summed E-state index contributed by atoms with van der Waals surface area (Å²) in [7, 11) is 1.62. The number of methoxy groups -OCH3 is 1. The topological polar surface area (TPSA) is 67.0 Å². The van der Waals surface area contributed by atoms with Crippen molar-refractivity contribution in [1.82, 2.24) is 10.2 Å². The SMILES string of the molecule is COc1ccccc1-c1cc(NC(=O)[C@@H](C)SC)n[nH]1. The number of amides is 1. The number of carbonyl (C=O) groups excluding carboxylic acids is 1. The highest BCUT2D eigenvalue weighted by Gasteiger charge is 2.14. The number of aromatic nitrogens is 2. The van der Waals surface area contributed by atoms with Crippen LogP contribution >= 0.6 is 11.8 Å². The van der Waals surface area contributed by atoms with Gasteiger partial charge in [0.2, 0.25) is 5.91 Å². The van der Waals surface area contributed by atoms with Crippen LogP contribution in [0.4, 0.5) is 5.82 Å². The van der Waals surface area contributed by atoms with Crippen LogP contribution in [0.15, 0.2) is 30.3 Å². The summed E-state index contributed by atoms with van der Waals surface area (Å²) in [5, 5.41) is 9.68. The third kappa shape index (κ3) is 3.14. The van der Waals surface area contributed by atoms with Gasteiger partial charge < -0.3 is 10.1 Å². The monoisotopic (exact) mass is 291 g/mol. The summed E-state index contributed by atoms with van der Waals surface area (Å²) < 4.78 is 5.31. The second-order valence-electron chi connectivity index (χ2n) is 4.23. The molecule has 1 atom stereocenters. The first-order chi connectivity index (χ1) is 9.65. The van der Waals surface area contributed by atoms with E-state index >= 15 is 0 Å². The predicted octanol–water partition coefficient (Wildman–Crippen LogP) is 2.78. The second kappa shape index (κ2) is 6.47. The van der Waals surface area contributed by atoms with E-state index in [4.69, 9.17) is 4.74 Å². The van der Waals surface area contributed by atoms with Gasteiger partial charge in [-0.1, -0.05) is 12.1 Å². The lowest BCUT2D eigenvalue weighted by atomic mass is 10.1. The van der Waals surface area contributed by atoms with Crippen molar-refractivity contribution < 1.29 is 9.53 Å². The average molecular weight is 291 g/mol. The van der Waals surface area contributed by atoms with Crippen molar-refractivity contribution in [2.45, 2.75) is 12.2 Å². The standard InChI is InChI=1S/C14H17N3O2S/c1-9(20-3)14(18)15-13-8-11(16-17-13)10-6-4-5-7-12(10)19-2/h4-9H,1-3H3,(H2,15,16,17,18)/t9-/m1/s1. The number of benzene rings is 1. The van der Waals surface area contributed by atoms with Crippen LogP contribution in [-0.4, -0.2) is 34.7 Å². The Balaban J connectivity index is 2.19. The molecule has 0 unspecified atom stereocenters. The third-order valence-corrected chi connectivity index (χ3v) is 3.87. The number of hydrogen-bond acceptors (Lipinski definition) is 4. The van der Waals surface area contributed by atoms with Gasteiger partial charge in [-0.2, -0.15) is 16.9 Å². The molecule has 20 heavy (non-hydrogen) atoms. The molecule has 1 amide bonds. The molecule has 0 spiro atoms. The predicted molar refractivity (Wildman–Crippen MR) is 82.2 cm³/mol. The van der Waals surface area contributed by atoms with Crippen molar-refractivity contribution in [2.75, 3.05) is 18.7 Å². The molecule has 1 aromatic heterocycles. The number of aromatic amines is 1. The van der Waals surface area contributed by atoms with Crippen molar-refractivity contribution in [3.05, 3.63) is 30.3 Å². The molecule has 2 aromatic rings. The van der Waals surface area contributed by atoms with Gasteiger partial charge in [0.05, 0.1) is 18.1 Å². The highest BCUT2D eigenvalue weighted by molar-refractivity contribution is 7.99. The van der Waals surface area contributed by atoms with Crippen LogP contribution < -0.4 is 10.1 Å². The molecule has 1 aromatic carbocycles. The zero-order chi connectivity index (χ0) is 14.5. The van der Waals surface area contributed by atoms with E-state index in [0.717, 1.165) is 17.0 Å². The van der Waals surface area contributed by atoms with Gasteiger partial charge in [0.25, 0.3) is 0 Å². The van der Waals surface area contributed by atoms with Crippen molar-refractivity contribution in [3.8, 4) is 17.0 Å². The molecular formula is C14H17N3O2S. The number of hydrogen-bond donors (Lipinski definition) is 2. The van der Waals surface area contributed by atoms with E-state index in [-0.39, 0.29) is 11.2 Å². The van der Waals surface area contributed by atoms with E-state index < -0.39 is 0 Å². The number of nitrogens with zero attached hydrogens (tertiary/aromatic N) is 1. The van der Waals surface area contributed by atoms with Crippen LogP contribution in [0.2, 0.25) is 0 Å². The van der Waals surface area contributed by atoms with Gasteiger partial charge in [0, 0.05) is 11.6 Å². The molecule has 106 valence electrons. The summed E-state index contributed by atoms with van der Waals surface area (Å²) in [6.45, 7) is 1.85. The van der Waals surface area contributed by atoms with Gasteiger partial charge in [0.15, 0.2) is 5.82 Å². The highest BCUT2D eigenvalue weighted by Crippen LogP contribution is 2.29. The summed E-state index contributed by atoms with van der Waals surface area (Å²) >= 11 is 1.49. The van der Waals surface area contributed by atoms with E-state index in [1.165, 1.54) is 11.8 Å². The van der Waals surface area contributed by atoms with Gasteiger partial charge >= 0.3 is 0 Å². The summed E-state index contributed by atoms with van der Waals surface area (Å²) in [6, 6.07) is 9.43. The lowest BCUT2D eigenvalue weighted by Gasteiger charge is -2.06. The quantitative estimate of drug-likeness (QED) is 0.889. The van der Waals surface area contributed by atoms with E-state index in [1.807, 2.05) is 37.4 Å². The van der Waals surface area contributed by atoms with Gasteiger partial charge in [-0.15, -0.1) is 0 Å². The van der Waals surface area contributed by atoms with Crippen LogP contribution in [0.1, 0.15) is 6.92 Å². The molecule has 0 aliphatic carbocycles. The maximum Gasteiger partial charge on any atom is 0.238 e. The Kier molecular flexibility index (Phi) is 4.68. The maximum absolute atomic E-state index is 11.8. The molecule has 0 aliphatic heterocycles. The molecule has 0 radical (unpaired) electrons. The van der Waals surface area contributed by atoms with Crippen LogP contribution in [-0.2, 0) is 4.79 Å². The van der Waals surface area contributed by atoms with Gasteiger partial charge in [-0.05, 0) is 25.3 Å². The molecule has 0 saturated heterocycles. The van der Waals surface area contributed by atoms with Crippen LogP contribution in [0.25, 0.3) is 11.3 Å². The minimum absolute atomic E-state index is 0.0597. The zero-order valence-electron chi connectivity index (χ0n) is 11.6. The van der Waals surface area contributed by atoms with Crippen LogP contribution in [0.5, 0.6) is 5.75 Å². The summed E-state index contributed by atoms with van der Waals surface area (Å²) in [5.41, 5.74) is 1.70. The number of ether oxygens (including phenoxy) is 1. The molecule has 0 fully saturated rings. The Morgan fingerprint density at radius 2 is 2.20 bits per heavy atom. The van der Waals surface area contributed by atoms with Crippen molar-refractivity contribution in [2.24, 2.45) is 0 Å². The Labute approximate surface area is 122 Å². The number of anilines is 1. The number of nitrogens with one attached hydrogen (secondary N) is 2. The molecule has 2 rings (SSSR count). The highest BCUT2D eigenvalue weighted by atomic mass is 32.2. The molecule has 5 nitrogen and oxygen atoms in total. The molecule has 0 bridgehead atoms. The van der Waals surface area contributed by atoms with Gasteiger partial charge in [-0.3, -0.25) is 9.89 Å². The Morgan fingerprint density at radius 3 is 2.90 bits per heavy atom. The molecule has 0 saturated carbocycles. The van der Waals surface area contributed by atoms with E-state index in [2.05, 4.69) is 15.5 Å². The molecular weight excluding hydrogens is 274 g/mol. The van der Waals surface area contributed by atoms with Crippen LogP contribution in [0, 0.1) is 0 Å². The maximum atomic E-state index is 11.8. The fourth-order valence-electron chi connectivity index (χ4n) is 1.73. The van der Waals surface area contributed by atoms with Crippen molar-refractivity contribution in [1.29, 1.82) is 0 Å².